The van der Waals surface area contributed by atoms with E-state index in [1.54, 1.807) is 7.05 Å². The summed E-state index contributed by atoms with van der Waals surface area (Å²) in [5, 5.41) is 3.34. The molecule has 0 amide bonds. The van der Waals surface area contributed by atoms with E-state index in [9.17, 15) is 9.59 Å². The van der Waals surface area contributed by atoms with E-state index in [0.717, 1.165) is 12.5 Å². The normalized spacial score (nSPS) is 16.3. The van der Waals surface area contributed by atoms with Crippen molar-refractivity contribution in [3.05, 3.63) is 33.1 Å². The van der Waals surface area contributed by atoms with Gasteiger partial charge in [-0.05, 0) is 25.3 Å². The molecule has 1 N–H and O–H groups in total. The van der Waals surface area contributed by atoms with Crippen molar-refractivity contribution in [1.29, 1.82) is 0 Å². The maximum absolute atomic E-state index is 11.7. The third-order valence-corrected chi connectivity index (χ3v) is 3.66. The van der Waals surface area contributed by atoms with E-state index in [-0.39, 0.29) is 11.2 Å². The Hall–Kier alpha value is -1.36. The van der Waals surface area contributed by atoms with Crippen LogP contribution in [-0.2, 0) is 13.6 Å². The van der Waals surface area contributed by atoms with Gasteiger partial charge in [0.2, 0.25) is 0 Å². The summed E-state index contributed by atoms with van der Waals surface area (Å²) >= 11 is 0. The average Bonchev–Trinajstić information content (AvgIpc) is 2.86. The molecule has 0 unspecified atom stereocenters. The lowest BCUT2D eigenvalue weighted by molar-refractivity contribution is 0.466. The molecule has 0 spiro atoms. The van der Waals surface area contributed by atoms with Crippen LogP contribution in [-0.4, -0.2) is 22.2 Å². The zero-order valence-corrected chi connectivity index (χ0v) is 10.9. The molecule has 0 aromatic carbocycles. The molecule has 1 heterocycles. The maximum Gasteiger partial charge on any atom is 0.330 e. The molecule has 1 fully saturated rings. The van der Waals surface area contributed by atoms with E-state index >= 15 is 0 Å². The molecule has 0 radical (unpaired) electrons. The van der Waals surface area contributed by atoms with Crippen molar-refractivity contribution in [2.24, 2.45) is 13.0 Å². The number of hydrogen-bond donors (Lipinski definition) is 1. The molecule has 100 valence electrons. The van der Waals surface area contributed by atoms with E-state index < -0.39 is 0 Å². The Balaban J connectivity index is 1.84. The van der Waals surface area contributed by atoms with Crippen molar-refractivity contribution in [3.8, 4) is 0 Å². The predicted octanol–water partition coefficient (Wildman–Crippen LogP) is 0.327. The number of nitrogens with one attached hydrogen (secondary N) is 1. The van der Waals surface area contributed by atoms with E-state index in [0.29, 0.717) is 13.1 Å². The molecule has 1 aromatic heterocycles. The molecule has 1 saturated carbocycles. The molecule has 5 nitrogen and oxygen atoms in total. The highest BCUT2D eigenvalue weighted by molar-refractivity contribution is 4.85. The Morgan fingerprint density at radius 1 is 1.33 bits per heavy atom. The van der Waals surface area contributed by atoms with Gasteiger partial charge in [-0.15, -0.1) is 0 Å². The molecule has 0 bridgehead atoms. The summed E-state index contributed by atoms with van der Waals surface area (Å²) in [5.41, 5.74) is -0.467. The number of hydrogen-bond acceptors (Lipinski definition) is 3. The second kappa shape index (κ2) is 6.00. The van der Waals surface area contributed by atoms with Crippen LogP contribution in [0.25, 0.3) is 0 Å². The molecule has 1 aromatic rings. The Morgan fingerprint density at radius 3 is 2.78 bits per heavy atom. The molecule has 2 rings (SSSR count). The van der Waals surface area contributed by atoms with Crippen LogP contribution in [0.15, 0.2) is 21.9 Å². The van der Waals surface area contributed by atoms with Gasteiger partial charge in [-0.3, -0.25) is 9.36 Å². The number of rotatable bonds is 5. The molecule has 18 heavy (non-hydrogen) atoms. The zero-order chi connectivity index (χ0) is 13.0. The lowest BCUT2D eigenvalue weighted by Crippen LogP contribution is -2.40. The minimum atomic E-state index is -0.245. The average molecular weight is 251 g/mol. The summed E-state index contributed by atoms with van der Waals surface area (Å²) in [4.78, 5) is 23.3. The standard InChI is InChI=1S/C13H21N3O2/c1-15-8-6-12(17)16(13(15)18)9-7-14-10-11-4-2-3-5-11/h6,8,11,14H,2-5,7,9-10H2,1H3. The van der Waals surface area contributed by atoms with Gasteiger partial charge < -0.3 is 9.88 Å². The summed E-state index contributed by atoms with van der Waals surface area (Å²) in [6.45, 7) is 2.12. The van der Waals surface area contributed by atoms with E-state index in [1.807, 2.05) is 0 Å². The van der Waals surface area contributed by atoms with Crippen molar-refractivity contribution >= 4 is 0 Å². The lowest BCUT2D eigenvalue weighted by atomic mass is 10.1. The summed E-state index contributed by atoms with van der Waals surface area (Å²) in [6.07, 6.45) is 6.79. The van der Waals surface area contributed by atoms with Crippen molar-refractivity contribution in [2.75, 3.05) is 13.1 Å². The molecule has 0 aliphatic heterocycles. The molecular formula is C13H21N3O2. The fourth-order valence-corrected chi connectivity index (χ4v) is 2.53. The highest BCUT2D eigenvalue weighted by Gasteiger charge is 2.13. The number of aromatic nitrogens is 2. The monoisotopic (exact) mass is 251 g/mol. The highest BCUT2D eigenvalue weighted by atomic mass is 16.2. The first-order chi connectivity index (χ1) is 8.68. The summed E-state index contributed by atoms with van der Waals surface area (Å²) in [5.74, 6) is 0.778. The van der Waals surface area contributed by atoms with Gasteiger partial charge in [0.05, 0.1) is 0 Å². The lowest BCUT2D eigenvalue weighted by Gasteiger charge is -2.11. The van der Waals surface area contributed by atoms with Gasteiger partial charge in [0.15, 0.2) is 0 Å². The van der Waals surface area contributed by atoms with Crippen LogP contribution >= 0.6 is 0 Å². The SMILES string of the molecule is Cn1ccc(=O)n(CCNCC2CCCC2)c1=O. The summed E-state index contributed by atoms with van der Waals surface area (Å²) in [7, 11) is 1.66. The fraction of sp³-hybridized carbons (Fsp3) is 0.692. The van der Waals surface area contributed by atoms with Gasteiger partial charge in [0.25, 0.3) is 5.56 Å². The van der Waals surface area contributed by atoms with Gasteiger partial charge in [0, 0.05) is 32.4 Å². The number of aryl methyl sites for hydroxylation is 1. The molecule has 5 heteroatoms. The zero-order valence-electron chi connectivity index (χ0n) is 10.9. The third kappa shape index (κ3) is 3.10. The first-order valence-corrected chi connectivity index (χ1v) is 6.65. The maximum atomic E-state index is 11.7. The van der Waals surface area contributed by atoms with E-state index in [1.165, 1.54) is 47.1 Å². The highest BCUT2D eigenvalue weighted by Crippen LogP contribution is 2.23. The van der Waals surface area contributed by atoms with Gasteiger partial charge >= 0.3 is 5.69 Å². The molecule has 1 aliphatic carbocycles. The van der Waals surface area contributed by atoms with Crippen LogP contribution in [0, 0.1) is 5.92 Å². The van der Waals surface area contributed by atoms with Gasteiger partial charge in [-0.2, -0.15) is 0 Å². The fourth-order valence-electron chi connectivity index (χ4n) is 2.53. The Labute approximate surface area is 106 Å². The Kier molecular flexibility index (Phi) is 4.36. The number of nitrogens with zero attached hydrogens (tertiary/aromatic N) is 2. The summed E-state index contributed by atoms with van der Waals surface area (Å²) in [6, 6.07) is 1.43. The topological polar surface area (TPSA) is 56.0 Å². The third-order valence-electron chi connectivity index (χ3n) is 3.66. The Bertz CT molecular complexity index is 498. The van der Waals surface area contributed by atoms with E-state index in [4.69, 9.17) is 0 Å². The van der Waals surface area contributed by atoms with Crippen molar-refractivity contribution in [2.45, 2.75) is 32.2 Å². The quantitative estimate of drug-likeness (QED) is 0.767. The summed E-state index contributed by atoms with van der Waals surface area (Å²) < 4.78 is 2.71. The van der Waals surface area contributed by atoms with Gasteiger partial charge in [-0.1, -0.05) is 12.8 Å². The van der Waals surface area contributed by atoms with Crippen LogP contribution in [0.3, 0.4) is 0 Å². The van der Waals surface area contributed by atoms with Crippen molar-refractivity contribution < 1.29 is 0 Å². The molecular weight excluding hydrogens is 230 g/mol. The van der Waals surface area contributed by atoms with Crippen LogP contribution in [0.5, 0.6) is 0 Å². The van der Waals surface area contributed by atoms with Crippen LogP contribution in [0.2, 0.25) is 0 Å². The second-order valence-corrected chi connectivity index (χ2v) is 5.05. The minimum Gasteiger partial charge on any atom is -0.315 e. The molecule has 0 atom stereocenters. The molecule has 1 aliphatic rings. The van der Waals surface area contributed by atoms with E-state index in [2.05, 4.69) is 5.32 Å². The largest absolute Gasteiger partial charge is 0.330 e. The first-order valence-electron chi connectivity index (χ1n) is 6.65. The smallest absolute Gasteiger partial charge is 0.315 e. The van der Waals surface area contributed by atoms with Gasteiger partial charge in [0.1, 0.15) is 0 Å². The van der Waals surface area contributed by atoms with Crippen molar-refractivity contribution in [3.63, 3.8) is 0 Å². The second-order valence-electron chi connectivity index (χ2n) is 5.05. The van der Waals surface area contributed by atoms with Gasteiger partial charge in [-0.25, -0.2) is 4.79 Å². The predicted molar refractivity (Wildman–Crippen MR) is 70.8 cm³/mol. The van der Waals surface area contributed by atoms with Crippen molar-refractivity contribution in [1.82, 2.24) is 14.5 Å². The van der Waals surface area contributed by atoms with Crippen LogP contribution in [0.4, 0.5) is 0 Å². The molecule has 0 saturated heterocycles. The van der Waals surface area contributed by atoms with Crippen LogP contribution < -0.4 is 16.6 Å². The van der Waals surface area contributed by atoms with Crippen LogP contribution in [0.1, 0.15) is 25.7 Å². The minimum absolute atomic E-state index is 0.222. The first kappa shape index (κ1) is 13.1. The Morgan fingerprint density at radius 2 is 2.06 bits per heavy atom.